The molecule has 8 heteroatoms. The minimum Gasteiger partial charge on any atom is -0.394 e. The van der Waals surface area contributed by atoms with Crippen molar-refractivity contribution in [3.63, 3.8) is 0 Å². The SMILES string of the molecule is CCCCCCCCCCCCCCCCCCCCCCCCCCO[C@H](CO)COP(=O)(O)OCCN. The van der Waals surface area contributed by atoms with E-state index in [2.05, 4.69) is 11.4 Å². The summed E-state index contributed by atoms with van der Waals surface area (Å²) >= 11 is 0. The molecule has 0 aliphatic carbocycles. The maximum absolute atomic E-state index is 11.6. The summed E-state index contributed by atoms with van der Waals surface area (Å²) in [5.41, 5.74) is 5.24. The molecule has 7 nitrogen and oxygen atoms in total. The Morgan fingerprint density at radius 2 is 0.949 bits per heavy atom. The molecular formula is C31H66NO6P. The Morgan fingerprint density at radius 3 is 1.28 bits per heavy atom. The summed E-state index contributed by atoms with van der Waals surface area (Å²) in [7, 11) is -4.13. The minimum absolute atomic E-state index is 0.0576. The monoisotopic (exact) mass is 579 g/mol. The van der Waals surface area contributed by atoms with Crippen molar-refractivity contribution in [2.24, 2.45) is 5.73 Å². The van der Waals surface area contributed by atoms with E-state index in [0.717, 1.165) is 12.8 Å². The van der Waals surface area contributed by atoms with E-state index in [1.807, 2.05) is 0 Å². The first kappa shape index (κ1) is 39.0. The number of aliphatic hydroxyl groups excluding tert-OH is 1. The molecule has 0 rings (SSSR count). The van der Waals surface area contributed by atoms with E-state index in [0.29, 0.717) is 6.61 Å². The summed E-state index contributed by atoms with van der Waals surface area (Å²) in [6.07, 6.45) is 32.1. The van der Waals surface area contributed by atoms with Crippen LogP contribution in [-0.4, -0.2) is 49.1 Å². The number of phosphoric acid groups is 1. The summed E-state index contributed by atoms with van der Waals surface area (Å²) < 4.78 is 26.7. The fourth-order valence-electron chi connectivity index (χ4n) is 4.85. The minimum atomic E-state index is -4.13. The second kappa shape index (κ2) is 30.9. The molecular weight excluding hydrogens is 513 g/mol. The van der Waals surface area contributed by atoms with Gasteiger partial charge in [-0.1, -0.05) is 155 Å². The van der Waals surface area contributed by atoms with Gasteiger partial charge in [-0.3, -0.25) is 9.05 Å². The Kier molecular flexibility index (Phi) is 30.9. The molecule has 0 heterocycles. The Balaban J connectivity index is 3.27. The van der Waals surface area contributed by atoms with Crippen LogP contribution in [0.1, 0.15) is 161 Å². The summed E-state index contributed by atoms with van der Waals surface area (Å²) in [6.45, 7) is 2.42. The van der Waals surface area contributed by atoms with Crippen LogP contribution in [0.4, 0.5) is 0 Å². The molecule has 0 aliphatic heterocycles. The first-order chi connectivity index (χ1) is 19.1. The van der Waals surface area contributed by atoms with E-state index in [1.54, 1.807) is 0 Å². The molecule has 0 aromatic rings. The first-order valence-corrected chi connectivity index (χ1v) is 18.1. The van der Waals surface area contributed by atoms with Crippen LogP contribution in [0.5, 0.6) is 0 Å². The van der Waals surface area contributed by atoms with Crippen LogP contribution >= 0.6 is 7.82 Å². The molecule has 0 saturated carbocycles. The predicted octanol–water partition coefficient (Wildman–Crippen LogP) is 8.84. The van der Waals surface area contributed by atoms with Gasteiger partial charge in [0.2, 0.25) is 0 Å². The summed E-state index contributed by atoms with van der Waals surface area (Å²) in [6, 6.07) is 0. The third kappa shape index (κ3) is 30.8. The number of unbranched alkanes of at least 4 members (excludes halogenated alkanes) is 23. The molecule has 0 spiro atoms. The quantitative estimate of drug-likeness (QED) is 0.0526. The van der Waals surface area contributed by atoms with Crippen LogP contribution in [0, 0.1) is 0 Å². The molecule has 0 aromatic carbocycles. The molecule has 0 saturated heterocycles. The molecule has 0 fully saturated rings. The number of ether oxygens (including phenoxy) is 1. The number of hydrogen-bond donors (Lipinski definition) is 3. The van der Waals surface area contributed by atoms with Gasteiger partial charge in [0.1, 0.15) is 6.10 Å². The molecule has 1 unspecified atom stereocenters. The van der Waals surface area contributed by atoms with E-state index in [1.165, 1.54) is 141 Å². The maximum Gasteiger partial charge on any atom is 0.472 e. The van der Waals surface area contributed by atoms with Gasteiger partial charge in [0.25, 0.3) is 0 Å². The average Bonchev–Trinajstić information content (AvgIpc) is 2.93. The van der Waals surface area contributed by atoms with Gasteiger partial charge in [-0.2, -0.15) is 0 Å². The van der Waals surface area contributed by atoms with Crippen molar-refractivity contribution in [1.29, 1.82) is 0 Å². The summed E-state index contributed by atoms with van der Waals surface area (Å²) in [5, 5.41) is 9.35. The van der Waals surface area contributed by atoms with E-state index in [4.69, 9.17) is 15.0 Å². The zero-order valence-electron chi connectivity index (χ0n) is 25.6. The Labute approximate surface area is 242 Å². The fourth-order valence-corrected chi connectivity index (χ4v) is 5.62. The lowest BCUT2D eigenvalue weighted by atomic mass is 10.0. The highest BCUT2D eigenvalue weighted by Crippen LogP contribution is 2.42. The standard InChI is InChI=1S/C31H66NO6P/c1-2-3-4-5-6-7-8-9-10-11-12-13-14-15-16-17-18-19-20-21-22-23-24-25-27-36-31(29-33)30-38-39(34,35)37-28-26-32/h31,33H,2-30,32H2,1H3,(H,34,35)/t31-/m1/s1. The second-order valence-electron chi connectivity index (χ2n) is 11.2. The largest absolute Gasteiger partial charge is 0.472 e. The highest BCUT2D eigenvalue weighted by atomic mass is 31.2. The van der Waals surface area contributed by atoms with Crippen molar-refractivity contribution in [2.75, 3.05) is 33.0 Å². The van der Waals surface area contributed by atoms with Crippen LogP contribution in [0.25, 0.3) is 0 Å². The number of aliphatic hydroxyl groups is 1. The number of rotatable bonds is 33. The van der Waals surface area contributed by atoms with Gasteiger partial charge < -0.3 is 20.5 Å². The third-order valence-corrected chi connectivity index (χ3v) is 8.34. The molecule has 236 valence electrons. The Bertz CT molecular complexity index is 525. The number of hydrogen-bond acceptors (Lipinski definition) is 6. The van der Waals surface area contributed by atoms with Crippen molar-refractivity contribution >= 4 is 7.82 Å². The smallest absolute Gasteiger partial charge is 0.394 e. The molecule has 0 amide bonds. The third-order valence-electron chi connectivity index (χ3n) is 7.35. The second-order valence-corrected chi connectivity index (χ2v) is 12.6. The van der Waals surface area contributed by atoms with Crippen molar-refractivity contribution < 1.29 is 28.3 Å². The van der Waals surface area contributed by atoms with Crippen LogP contribution in [0.2, 0.25) is 0 Å². The average molecular weight is 580 g/mol. The number of nitrogens with two attached hydrogens (primary N) is 1. The zero-order chi connectivity index (χ0) is 28.7. The van der Waals surface area contributed by atoms with E-state index in [-0.39, 0.29) is 26.4 Å². The van der Waals surface area contributed by atoms with E-state index >= 15 is 0 Å². The lowest BCUT2D eigenvalue weighted by Gasteiger charge is -2.17. The highest BCUT2D eigenvalue weighted by Gasteiger charge is 2.23. The van der Waals surface area contributed by atoms with Gasteiger partial charge in [0.05, 0.1) is 19.8 Å². The van der Waals surface area contributed by atoms with Gasteiger partial charge in [-0.25, -0.2) is 4.57 Å². The zero-order valence-corrected chi connectivity index (χ0v) is 26.5. The van der Waals surface area contributed by atoms with Crippen molar-refractivity contribution in [1.82, 2.24) is 0 Å². The topological polar surface area (TPSA) is 111 Å². The molecule has 0 radical (unpaired) electrons. The first-order valence-electron chi connectivity index (χ1n) is 16.6. The molecule has 0 bridgehead atoms. The van der Waals surface area contributed by atoms with E-state index in [9.17, 15) is 14.6 Å². The lowest BCUT2D eigenvalue weighted by Crippen LogP contribution is -2.24. The van der Waals surface area contributed by atoms with Crippen molar-refractivity contribution in [2.45, 2.75) is 167 Å². The normalized spacial score (nSPS) is 14.1. The van der Waals surface area contributed by atoms with Crippen molar-refractivity contribution in [3.8, 4) is 0 Å². The molecule has 0 aliphatic rings. The fraction of sp³-hybridized carbons (Fsp3) is 1.00. The predicted molar refractivity (Wildman–Crippen MR) is 164 cm³/mol. The van der Waals surface area contributed by atoms with Crippen molar-refractivity contribution in [3.05, 3.63) is 0 Å². The lowest BCUT2D eigenvalue weighted by molar-refractivity contribution is -0.0224. The van der Waals surface area contributed by atoms with Gasteiger partial charge in [0.15, 0.2) is 0 Å². The van der Waals surface area contributed by atoms with Gasteiger partial charge in [0, 0.05) is 13.2 Å². The Hall–Kier alpha value is -0.0100. The summed E-state index contributed by atoms with van der Waals surface area (Å²) in [5.74, 6) is 0. The maximum atomic E-state index is 11.6. The van der Waals surface area contributed by atoms with Crippen LogP contribution in [-0.2, 0) is 18.3 Å². The number of phosphoric ester groups is 1. The molecule has 2 atom stereocenters. The summed E-state index contributed by atoms with van der Waals surface area (Å²) in [4.78, 5) is 9.47. The Morgan fingerprint density at radius 1 is 0.590 bits per heavy atom. The van der Waals surface area contributed by atoms with Crippen LogP contribution in [0.3, 0.4) is 0 Å². The highest BCUT2D eigenvalue weighted by molar-refractivity contribution is 7.47. The van der Waals surface area contributed by atoms with E-state index < -0.39 is 13.9 Å². The molecule has 0 aromatic heterocycles. The van der Waals surface area contributed by atoms with Crippen LogP contribution in [0.15, 0.2) is 0 Å². The van der Waals surface area contributed by atoms with Gasteiger partial charge >= 0.3 is 7.82 Å². The van der Waals surface area contributed by atoms with Gasteiger partial charge in [-0.15, -0.1) is 0 Å². The molecule has 4 N–H and O–H groups in total. The molecule has 39 heavy (non-hydrogen) atoms. The van der Waals surface area contributed by atoms with Gasteiger partial charge in [-0.05, 0) is 6.42 Å². The van der Waals surface area contributed by atoms with Crippen LogP contribution < -0.4 is 5.73 Å².